The maximum atomic E-state index is 12.4. The number of aromatic nitrogens is 2. The summed E-state index contributed by atoms with van der Waals surface area (Å²) < 4.78 is 2.20. The Morgan fingerprint density at radius 3 is 2.24 bits per heavy atom. The van der Waals surface area contributed by atoms with Gasteiger partial charge in [-0.3, -0.25) is 4.79 Å². The molecule has 0 aliphatic rings. The number of fused-ring (bicyclic) bond motifs is 4. The minimum absolute atomic E-state index is 0.108. The summed E-state index contributed by atoms with van der Waals surface area (Å²) >= 11 is 0. The van der Waals surface area contributed by atoms with Crippen LogP contribution < -0.4 is 5.43 Å². The third kappa shape index (κ3) is 3.17. The molecule has 5 nitrogen and oxygen atoms in total. The smallest absolute Gasteiger partial charge is 0.241 e. The van der Waals surface area contributed by atoms with Gasteiger partial charge in [-0.15, -0.1) is 0 Å². The maximum Gasteiger partial charge on any atom is 0.241 e. The first-order valence-corrected chi connectivity index (χ1v) is 9.65. The van der Waals surface area contributed by atoms with Gasteiger partial charge in [0.1, 0.15) is 0 Å². The number of carbonyl (C=O) groups is 1. The normalized spacial score (nSPS) is 11.7. The van der Waals surface area contributed by atoms with Crippen LogP contribution in [-0.2, 0) is 11.3 Å². The Kier molecular flexibility index (Phi) is 4.33. The van der Waals surface area contributed by atoms with Crippen molar-refractivity contribution in [3.63, 3.8) is 0 Å². The van der Waals surface area contributed by atoms with E-state index in [-0.39, 0.29) is 5.91 Å². The molecule has 2 aromatic heterocycles. The van der Waals surface area contributed by atoms with Crippen LogP contribution in [0.15, 0.2) is 84.1 Å². The van der Waals surface area contributed by atoms with Crippen molar-refractivity contribution in [2.75, 3.05) is 0 Å². The van der Waals surface area contributed by atoms with E-state index in [9.17, 15) is 4.79 Å². The summed E-state index contributed by atoms with van der Waals surface area (Å²) in [5, 5.41) is 7.63. The van der Waals surface area contributed by atoms with E-state index < -0.39 is 0 Å². The molecule has 5 aromatic rings. The third-order valence-corrected chi connectivity index (χ3v) is 5.26. The molecule has 0 saturated carbocycles. The summed E-state index contributed by atoms with van der Waals surface area (Å²) in [5.41, 5.74) is 6.93. The van der Waals surface area contributed by atoms with Crippen LogP contribution >= 0.6 is 0 Å². The number of aromatic amines is 1. The standard InChI is InChI=1S/C24H20N4O/c29-24(27-26-16-17-15-25-21-10-4-1-7-18(17)21)13-14-28-22-11-5-2-8-19(22)20-9-3-6-12-23(20)28/h1-12,15-16,25H,13-14H2,(H,27,29)/b26-16+. The Hall–Kier alpha value is -3.86. The maximum absolute atomic E-state index is 12.4. The number of nitrogens with one attached hydrogen (secondary N) is 2. The van der Waals surface area contributed by atoms with Gasteiger partial charge in [-0.1, -0.05) is 54.6 Å². The molecule has 2 N–H and O–H groups in total. The van der Waals surface area contributed by atoms with Gasteiger partial charge in [0.25, 0.3) is 0 Å². The fourth-order valence-electron chi connectivity index (χ4n) is 3.89. The molecule has 29 heavy (non-hydrogen) atoms. The average Bonchev–Trinajstić information content (AvgIpc) is 3.32. The lowest BCUT2D eigenvalue weighted by molar-refractivity contribution is -0.121. The molecular weight excluding hydrogens is 360 g/mol. The van der Waals surface area contributed by atoms with Gasteiger partial charge < -0.3 is 9.55 Å². The number of nitrogens with zero attached hydrogens (tertiary/aromatic N) is 2. The summed E-state index contributed by atoms with van der Waals surface area (Å²) in [6.45, 7) is 0.600. The zero-order valence-corrected chi connectivity index (χ0v) is 15.8. The van der Waals surface area contributed by atoms with Gasteiger partial charge in [0.2, 0.25) is 5.91 Å². The van der Waals surface area contributed by atoms with Crippen molar-refractivity contribution < 1.29 is 4.79 Å². The van der Waals surface area contributed by atoms with Crippen molar-refractivity contribution in [1.82, 2.24) is 15.0 Å². The first kappa shape index (κ1) is 17.3. The van der Waals surface area contributed by atoms with Gasteiger partial charge in [-0.25, -0.2) is 5.43 Å². The monoisotopic (exact) mass is 380 g/mol. The lowest BCUT2D eigenvalue weighted by Crippen LogP contribution is -2.19. The first-order valence-electron chi connectivity index (χ1n) is 9.65. The topological polar surface area (TPSA) is 62.2 Å². The van der Waals surface area contributed by atoms with E-state index in [4.69, 9.17) is 0 Å². The second-order valence-corrected chi connectivity index (χ2v) is 7.02. The molecule has 0 bridgehead atoms. The van der Waals surface area contributed by atoms with Crippen molar-refractivity contribution in [2.24, 2.45) is 5.10 Å². The van der Waals surface area contributed by atoms with E-state index in [0.717, 1.165) is 27.5 Å². The number of amides is 1. The largest absolute Gasteiger partial charge is 0.361 e. The van der Waals surface area contributed by atoms with Crippen LogP contribution in [0, 0.1) is 0 Å². The van der Waals surface area contributed by atoms with Crippen LogP contribution in [0.1, 0.15) is 12.0 Å². The lowest BCUT2D eigenvalue weighted by Gasteiger charge is -2.06. The molecule has 0 spiro atoms. The molecule has 0 unspecified atom stereocenters. The van der Waals surface area contributed by atoms with Gasteiger partial charge in [-0.05, 0) is 18.2 Å². The van der Waals surface area contributed by atoms with E-state index in [1.165, 1.54) is 10.8 Å². The lowest BCUT2D eigenvalue weighted by atomic mass is 10.2. The molecule has 0 fully saturated rings. The van der Waals surface area contributed by atoms with Crippen LogP contribution in [-0.4, -0.2) is 21.7 Å². The van der Waals surface area contributed by atoms with E-state index in [0.29, 0.717) is 13.0 Å². The zero-order chi connectivity index (χ0) is 19.6. The Balaban J connectivity index is 1.31. The Bertz CT molecular complexity index is 1310. The van der Waals surface area contributed by atoms with E-state index in [2.05, 4.69) is 44.3 Å². The quantitative estimate of drug-likeness (QED) is 0.333. The van der Waals surface area contributed by atoms with E-state index >= 15 is 0 Å². The number of aryl methyl sites for hydroxylation is 1. The van der Waals surface area contributed by atoms with Gasteiger partial charge in [-0.2, -0.15) is 5.10 Å². The number of hydrazone groups is 1. The number of H-pyrrole nitrogens is 1. The highest BCUT2D eigenvalue weighted by Crippen LogP contribution is 2.28. The highest BCUT2D eigenvalue weighted by Gasteiger charge is 2.10. The fraction of sp³-hybridized carbons (Fsp3) is 0.0833. The second-order valence-electron chi connectivity index (χ2n) is 7.02. The molecule has 0 atom stereocenters. The van der Waals surface area contributed by atoms with Gasteiger partial charge in [0.15, 0.2) is 0 Å². The summed E-state index contributed by atoms with van der Waals surface area (Å²) in [6.07, 6.45) is 3.92. The summed E-state index contributed by atoms with van der Waals surface area (Å²) in [5.74, 6) is -0.108. The molecular formula is C24H20N4O. The third-order valence-electron chi connectivity index (χ3n) is 5.26. The fourth-order valence-corrected chi connectivity index (χ4v) is 3.89. The van der Waals surface area contributed by atoms with Gasteiger partial charge >= 0.3 is 0 Å². The minimum atomic E-state index is -0.108. The highest BCUT2D eigenvalue weighted by molar-refractivity contribution is 6.08. The summed E-state index contributed by atoms with van der Waals surface area (Å²) in [4.78, 5) is 15.6. The van der Waals surface area contributed by atoms with Crippen molar-refractivity contribution in [2.45, 2.75) is 13.0 Å². The molecule has 1 amide bonds. The number of hydrogen-bond acceptors (Lipinski definition) is 2. The van der Waals surface area contributed by atoms with Crippen LogP contribution in [0.3, 0.4) is 0 Å². The molecule has 5 heteroatoms. The molecule has 0 aliphatic carbocycles. The highest BCUT2D eigenvalue weighted by atomic mass is 16.2. The molecule has 0 radical (unpaired) electrons. The number of rotatable bonds is 5. The summed E-state index contributed by atoms with van der Waals surface area (Å²) in [6, 6.07) is 24.6. The van der Waals surface area contributed by atoms with Crippen LogP contribution in [0.4, 0.5) is 0 Å². The number of hydrogen-bond donors (Lipinski definition) is 2. The van der Waals surface area contributed by atoms with Gasteiger partial charge in [0.05, 0.1) is 6.21 Å². The van der Waals surface area contributed by atoms with E-state index in [1.54, 1.807) is 6.21 Å². The Morgan fingerprint density at radius 2 is 1.52 bits per heavy atom. The SMILES string of the molecule is O=C(CCn1c2ccccc2c2ccccc21)N/N=C/c1c[nH]c2ccccc12. The molecule has 142 valence electrons. The van der Waals surface area contributed by atoms with Crippen molar-refractivity contribution >= 4 is 44.8 Å². The van der Waals surface area contributed by atoms with Gasteiger partial charge in [0, 0.05) is 57.4 Å². The minimum Gasteiger partial charge on any atom is -0.361 e. The van der Waals surface area contributed by atoms with Crippen molar-refractivity contribution in [3.8, 4) is 0 Å². The zero-order valence-electron chi connectivity index (χ0n) is 15.8. The molecule has 0 aliphatic heterocycles. The molecule has 5 rings (SSSR count). The predicted octanol–water partition coefficient (Wildman–Crippen LogP) is 4.82. The summed E-state index contributed by atoms with van der Waals surface area (Å²) in [7, 11) is 0. The number of benzene rings is 3. The Labute approximate surface area is 167 Å². The van der Waals surface area contributed by atoms with E-state index in [1.807, 2.05) is 54.7 Å². The van der Waals surface area contributed by atoms with Crippen molar-refractivity contribution in [3.05, 3.63) is 84.6 Å². The van der Waals surface area contributed by atoms with Crippen LogP contribution in [0.5, 0.6) is 0 Å². The molecule has 2 heterocycles. The van der Waals surface area contributed by atoms with Crippen molar-refractivity contribution in [1.29, 1.82) is 0 Å². The Morgan fingerprint density at radius 1 is 0.897 bits per heavy atom. The number of para-hydroxylation sites is 3. The van der Waals surface area contributed by atoms with Crippen LogP contribution in [0.25, 0.3) is 32.7 Å². The number of carbonyl (C=O) groups excluding carboxylic acids is 1. The van der Waals surface area contributed by atoms with Crippen LogP contribution in [0.2, 0.25) is 0 Å². The molecule has 0 saturated heterocycles. The average molecular weight is 380 g/mol. The first-order chi connectivity index (χ1) is 14.3. The predicted molar refractivity (Wildman–Crippen MR) is 118 cm³/mol. The second kappa shape index (κ2) is 7.28. The molecule has 3 aromatic carbocycles.